The Bertz CT molecular complexity index is 412. The maximum Gasteiger partial charge on any atom is 0.342 e. The van der Waals surface area contributed by atoms with Crippen LogP contribution in [-0.4, -0.2) is 25.2 Å². The van der Waals surface area contributed by atoms with Crippen LogP contribution in [0.4, 0.5) is 8.78 Å². The van der Waals surface area contributed by atoms with E-state index < -0.39 is 28.7 Å². The summed E-state index contributed by atoms with van der Waals surface area (Å²) >= 11 is 5.50. The number of hydrogen-bond acceptors (Lipinski definition) is 4. The Morgan fingerprint density at radius 3 is 2.56 bits per heavy atom. The maximum atomic E-state index is 12.7. The van der Waals surface area contributed by atoms with Gasteiger partial charge in [-0.2, -0.15) is 0 Å². The predicted octanol–water partition coefficient (Wildman–Crippen LogP) is 2.47. The molecule has 0 atom stereocenters. The van der Waals surface area contributed by atoms with Gasteiger partial charge in [0.1, 0.15) is 10.7 Å². The van der Waals surface area contributed by atoms with E-state index in [1.807, 2.05) is 0 Å². The molecule has 0 aliphatic carbocycles. The Labute approximate surface area is 95.1 Å². The Morgan fingerprint density at radius 2 is 2.12 bits per heavy atom. The molecule has 0 radical (unpaired) electrons. The molecule has 0 amide bonds. The first-order valence-corrected chi connectivity index (χ1v) is 4.49. The zero-order valence-corrected chi connectivity index (χ0v) is 9.22. The third-order valence-electron chi connectivity index (χ3n) is 1.86. The van der Waals surface area contributed by atoms with Crippen LogP contribution in [-0.2, 0) is 4.74 Å². The molecule has 88 valence electrons. The highest BCUT2D eigenvalue weighted by Crippen LogP contribution is 2.34. The lowest BCUT2D eigenvalue weighted by Gasteiger charge is -2.12. The Morgan fingerprint density at radius 1 is 1.50 bits per heavy atom. The fourth-order valence-corrected chi connectivity index (χ4v) is 1.38. The van der Waals surface area contributed by atoms with Crippen molar-refractivity contribution in [1.82, 2.24) is 4.98 Å². The minimum Gasteiger partial charge on any atom is -0.494 e. The summed E-state index contributed by atoms with van der Waals surface area (Å²) in [5, 5.41) is -0.448. The first-order chi connectivity index (χ1) is 7.52. The van der Waals surface area contributed by atoms with Gasteiger partial charge in [0.2, 0.25) is 0 Å². The summed E-state index contributed by atoms with van der Waals surface area (Å²) in [6.45, 7) is 0. The number of hydrogen-bond donors (Lipinski definition) is 0. The van der Waals surface area contributed by atoms with E-state index in [9.17, 15) is 13.6 Å². The van der Waals surface area contributed by atoms with Gasteiger partial charge in [0.05, 0.1) is 26.0 Å². The molecular weight excluding hydrogens is 244 g/mol. The smallest absolute Gasteiger partial charge is 0.342 e. The summed E-state index contributed by atoms with van der Waals surface area (Å²) in [7, 11) is 2.30. The van der Waals surface area contributed by atoms with E-state index in [0.29, 0.717) is 0 Å². The molecule has 0 bridgehead atoms. The number of methoxy groups -OCH3 is 2. The van der Waals surface area contributed by atoms with E-state index >= 15 is 0 Å². The number of rotatable bonds is 3. The minimum absolute atomic E-state index is 0.105. The van der Waals surface area contributed by atoms with Gasteiger partial charge in [0, 0.05) is 0 Å². The molecule has 7 heteroatoms. The highest BCUT2D eigenvalue weighted by atomic mass is 35.5. The van der Waals surface area contributed by atoms with Crippen molar-refractivity contribution in [2.24, 2.45) is 0 Å². The fraction of sp³-hybridized carbons (Fsp3) is 0.333. The lowest BCUT2D eigenvalue weighted by atomic mass is 10.1. The molecule has 1 aromatic rings. The molecule has 1 aromatic heterocycles. The molecule has 0 unspecified atom stereocenters. The van der Waals surface area contributed by atoms with Crippen LogP contribution in [0.25, 0.3) is 0 Å². The third kappa shape index (κ3) is 2.21. The Kier molecular flexibility index (Phi) is 4.00. The van der Waals surface area contributed by atoms with Crippen molar-refractivity contribution >= 4 is 17.6 Å². The van der Waals surface area contributed by atoms with Crippen LogP contribution in [0.3, 0.4) is 0 Å². The van der Waals surface area contributed by atoms with Gasteiger partial charge in [0.25, 0.3) is 6.43 Å². The van der Waals surface area contributed by atoms with Crippen molar-refractivity contribution in [2.45, 2.75) is 6.43 Å². The molecule has 0 saturated heterocycles. The molecule has 0 fully saturated rings. The number of nitrogens with zero attached hydrogens (tertiary/aromatic N) is 1. The monoisotopic (exact) mass is 251 g/mol. The van der Waals surface area contributed by atoms with Crippen LogP contribution < -0.4 is 4.74 Å². The Hall–Kier alpha value is -1.43. The van der Waals surface area contributed by atoms with Crippen LogP contribution in [0.5, 0.6) is 5.75 Å². The van der Waals surface area contributed by atoms with Crippen LogP contribution in [0.1, 0.15) is 22.3 Å². The lowest BCUT2D eigenvalue weighted by Crippen LogP contribution is -2.10. The second kappa shape index (κ2) is 5.07. The quantitative estimate of drug-likeness (QED) is 0.612. The van der Waals surface area contributed by atoms with E-state index in [1.54, 1.807) is 0 Å². The highest BCUT2D eigenvalue weighted by molar-refractivity contribution is 6.30. The van der Waals surface area contributed by atoms with Gasteiger partial charge in [-0.05, 0) is 0 Å². The molecule has 16 heavy (non-hydrogen) atoms. The maximum absolute atomic E-state index is 12.7. The number of esters is 1. The zero-order valence-electron chi connectivity index (χ0n) is 8.46. The van der Waals surface area contributed by atoms with Gasteiger partial charge in [-0.25, -0.2) is 18.6 Å². The fourth-order valence-electron chi connectivity index (χ4n) is 1.15. The summed E-state index contributed by atoms with van der Waals surface area (Å²) in [5.74, 6) is -1.05. The number of aromatic nitrogens is 1. The molecule has 0 aromatic carbocycles. The summed E-state index contributed by atoms with van der Waals surface area (Å²) in [4.78, 5) is 14.8. The van der Waals surface area contributed by atoms with Crippen LogP contribution in [0.2, 0.25) is 5.15 Å². The number of carbonyl (C=O) groups is 1. The highest BCUT2D eigenvalue weighted by Gasteiger charge is 2.27. The van der Waals surface area contributed by atoms with Crippen molar-refractivity contribution in [2.75, 3.05) is 14.2 Å². The number of carbonyl (C=O) groups excluding carboxylic acids is 1. The molecule has 0 saturated carbocycles. The van der Waals surface area contributed by atoms with Crippen molar-refractivity contribution < 1.29 is 23.0 Å². The molecule has 0 aliphatic heterocycles. The predicted molar refractivity (Wildman–Crippen MR) is 52.1 cm³/mol. The number of halogens is 3. The van der Waals surface area contributed by atoms with Gasteiger partial charge in [0.15, 0.2) is 5.75 Å². The molecule has 0 aliphatic rings. The van der Waals surface area contributed by atoms with Crippen molar-refractivity contribution in [3.8, 4) is 5.75 Å². The van der Waals surface area contributed by atoms with Gasteiger partial charge < -0.3 is 9.47 Å². The van der Waals surface area contributed by atoms with Crippen molar-refractivity contribution in [3.05, 3.63) is 22.5 Å². The largest absolute Gasteiger partial charge is 0.494 e. The topological polar surface area (TPSA) is 48.4 Å². The van der Waals surface area contributed by atoms with Gasteiger partial charge in [-0.1, -0.05) is 11.6 Å². The van der Waals surface area contributed by atoms with Crippen LogP contribution >= 0.6 is 11.6 Å². The average Bonchev–Trinajstić information content (AvgIpc) is 2.27. The first kappa shape index (κ1) is 12.6. The summed E-state index contributed by atoms with van der Waals surface area (Å²) in [6, 6.07) is 0. The average molecular weight is 252 g/mol. The van der Waals surface area contributed by atoms with Crippen LogP contribution in [0, 0.1) is 0 Å². The van der Waals surface area contributed by atoms with Gasteiger partial charge in [-0.3, -0.25) is 0 Å². The second-order valence-corrected chi connectivity index (χ2v) is 3.06. The molecule has 1 heterocycles. The lowest BCUT2D eigenvalue weighted by molar-refractivity contribution is 0.0584. The molecule has 4 nitrogen and oxygen atoms in total. The number of pyridine rings is 1. The molecule has 0 spiro atoms. The van der Waals surface area contributed by atoms with E-state index in [4.69, 9.17) is 16.3 Å². The van der Waals surface area contributed by atoms with Gasteiger partial charge >= 0.3 is 5.97 Å². The third-order valence-corrected chi connectivity index (χ3v) is 2.16. The van der Waals surface area contributed by atoms with Crippen molar-refractivity contribution in [3.63, 3.8) is 0 Å². The normalized spacial score (nSPS) is 10.4. The number of ether oxygens (including phenoxy) is 2. The second-order valence-electron chi connectivity index (χ2n) is 2.70. The van der Waals surface area contributed by atoms with E-state index in [2.05, 4.69) is 9.72 Å². The minimum atomic E-state index is -2.94. The molecule has 1 rings (SSSR count). The van der Waals surface area contributed by atoms with Crippen LogP contribution in [0.15, 0.2) is 6.20 Å². The van der Waals surface area contributed by atoms with E-state index in [-0.39, 0.29) is 5.75 Å². The first-order valence-electron chi connectivity index (χ1n) is 4.11. The SMILES string of the molecule is COC(=O)c1c(OC)cnc(Cl)c1C(F)F. The molecular formula is C9H8ClF2NO3. The standard InChI is InChI=1S/C9H8ClF2NO3/c1-15-4-3-13-7(10)6(8(11)12)5(4)9(14)16-2/h3,8H,1-2H3. The van der Waals surface area contributed by atoms with E-state index in [0.717, 1.165) is 13.3 Å². The van der Waals surface area contributed by atoms with Crippen molar-refractivity contribution in [1.29, 1.82) is 0 Å². The van der Waals surface area contributed by atoms with E-state index in [1.165, 1.54) is 7.11 Å². The molecule has 0 N–H and O–H groups in total. The Balaban J connectivity index is 3.48. The van der Waals surface area contributed by atoms with Gasteiger partial charge in [-0.15, -0.1) is 0 Å². The number of alkyl halides is 2. The zero-order chi connectivity index (χ0) is 12.3. The summed E-state index contributed by atoms with van der Waals surface area (Å²) in [6.07, 6.45) is -1.86. The summed E-state index contributed by atoms with van der Waals surface area (Å²) in [5.41, 5.74) is -1.09. The summed E-state index contributed by atoms with van der Waals surface area (Å²) < 4.78 is 34.6.